The van der Waals surface area contributed by atoms with E-state index < -0.39 is 10.8 Å². The third kappa shape index (κ3) is 5.18. The fourth-order valence-electron chi connectivity index (χ4n) is 3.13. The number of rotatable bonds is 7. The lowest BCUT2D eigenvalue weighted by molar-refractivity contribution is 0.0951. The molecule has 7 heteroatoms. The van der Waals surface area contributed by atoms with Gasteiger partial charge in [-0.1, -0.05) is 23.8 Å². The van der Waals surface area contributed by atoms with Crippen LogP contribution in [0.1, 0.15) is 32.9 Å². The van der Waals surface area contributed by atoms with E-state index >= 15 is 0 Å². The van der Waals surface area contributed by atoms with Gasteiger partial charge in [0.15, 0.2) is 0 Å². The van der Waals surface area contributed by atoms with E-state index in [4.69, 9.17) is 4.42 Å². The Balaban J connectivity index is 1.42. The van der Waals surface area contributed by atoms with Gasteiger partial charge in [-0.05, 0) is 61.9 Å². The molecule has 0 saturated heterocycles. The molecule has 0 saturated carbocycles. The van der Waals surface area contributed by atoms with Gasteiger partial charge < -0.3 is 9.73 Å². The molecule has 0 aliphatic rings. The largest absolute Gasteiger partial charge is 0.441 e. The van der Waals surface area contributed by atoms with Crippen LogP contribution in [0.15, 0.2) is 82.4 Å². The summed E-state index contributed by atoms with van der Waals surface area (Å²) in [5.74, 6) is 1.20. The van der Waals surface area contributed by atoms with Gasteiger partial charge in [0.2, 0.25) is 5.89 Å². The van der Waals surface area contributed by atoms with E-state index in [2.05, 4.69) is 15.3 Å². The zero-order valence-corrected chi connectivity index (χ0v) is 18.7. The molecule has 162 valence electrons. The monoisotopic (exact) mass is 445 g/mol. The van der Waals surface area contributed by atoms with Gasteiger partial charge in [-0.15, -0.1) is 0 Å². The summed E-state index contributed by atoms with van der Waals surface area (Å²) in [5.41, 5.74) is 4.02. The summed E-state index contributed by atoms with van der Waals surface area (Å²) in [5, 5.41) is 2.88. The van der Waals surface area contributed by atoms with Crippen LogP contribution in [-0.4, -0.2) is 20.1 Å². The fourth-order valence-corrected chi connectivity index (χ4v) is 4.26. The summed E-state index contributed by atoms with van der Waals surface area (Å²) in [6.07, 6.45) is 3.41. The SMILES string of the molecule is Cc1ccc([S@@](=O)Cc2nc(-c3ccc(C(=O)NCc4cccnc4)cc3)oc2C)cc1. The average Bonchev–Trinajstić information content (AvgIpc) is 3.18. The number of aryl methyl sites for hydroxylation is 2. The van der Waals surface area contributed by atoms with E-state index in [9.17, 15) is 9.00 Å². The molecule has 4 aromatic rings. The molecule has 0 radical (unpaired) electrons. The van der Waals surface area contributed by atoms with Crippen LogP contribution in [0.4, 0.5) is 0 Å². The number of benzene rings is 2. The Kier molecular flexibility index (Phi) is 6.56. The van der Waals surface area contributed by atoms with Gasteiger partial charge in [-0.25, -0.2) is 4.98 Å². The zero-order chi connectivity index (χ0) is 22.5. The Bertz CT molecular complexity index is 1230. The van der Waals surface area contributed by atoms with Crippen LogP contribution in [0.5, 0.6) is 0 Å². The Labute approximate surface area is 189 Å². The highest BCUT2D eigenvalue weighted by Gasteiger charge is 2.16. The van der Waals surface area contributed by atoms with Crippen LogP contribution < -0.4 is 5.32 Å². The van der Waals surface area contributed by atoms with Crippen LogP contribution in [0.3, 0.4) is 0 Å². The number of carbonyl (C=O) groups is 1. The normalized spacial score (nSPS) is 11.8. The summed E-state index contributed by atoms with van der Waals surface area (Å²) >= 11 is 0. The summed E-state index contributed by atoms with van der Waals surface area (Å²) in [4.78, 5) is 21.7. The Hall–Kier alpha value is -3.58. The van der Waals surface area contributed by atoms with Crippen LogP contribution in [-0.2, 0) is 23.1 Å². The number of hydrogen-bond acceptors (Lipinski definition) is 5. The minimum absolute atomic E-state index is 0.168. The average molecular weight is 446 g/mol. The number of nitrogens with zero attached hydrogens (tertiary/aromatic N) is 2. The lowest BCUT2D eigenvalue weighted by atomic mass is 10.1. The maximum absolute atomic E-state index is 12.7. The van der Waals surface area contributed by atoms with Crippen molar-refractivity contribution in [2.45, 2.75) is 31.0 Å². The molecule has 1 amide bonds. The Morgan fingerprint density at radius 3 is 2.47 bits per heavy atom. The van der Waals surface area contributed by atoms with Gasteiger partial charge in [-0.2, -0.15) is 0 Å². The highest BCUT2D eigenvalue weighted by Crippen LogP contribution is 2.24. The molecule has 0 spiro atoms. The minimum Gasteiger partial charge on any atom is -0.441 e. The van der Waals surface area contributed by atoms with Crippen molar-refractivity contribution in [2.75, 3.05) is 0 Å². The summed E-state index contributed by atoms with van der Waals surface area (Å²) in [7, 11) is -1.20. The predicted molar refractivity (Wildman–Crippen MR) is 123 cm³/mol. The number of aromatic nitrogens is 2. The lowest BCUT2D eigenvalue weighted by Gasteiger charge is -2.05. The molecule has 0 aliphatic carbocycles. The first-order valence-electron chi connectivity index (χ1n) is 10.2. The van der Waals surface area contributed by atoms with E-state index in [-0.39, 0.29) is 11.7 Å². The van der Waals surface area contributed by atoms with Gasteiger partial charge in [0.05, 0.1) is 22.2 Å². The second kappa shape index (κ2) is 9.70. The number of nitrogens with one attached hydrogen (secondary N) is 1. The van der Waals surface area contributed by atoms with E-state index in [1.54, 1.807) is 36.7 Å². The third-order valence-electron chi connectivity index (χ3n) is 5.01. The summed E-state index contributed by atoms with van der Waals surface area (Å²) < 4.78 is 18.5. The van der Waals surface area contributed by atoms with Crippen LogP contribution in [0.25, 0.3) is 11.5 Å². The van der Waals surface area contributed by atoms with E-state index in [1.165, 1.54) is 0 Å². The van der Waals surface area contributed by atoms with Gasteiger partial charge >= 0.3 is 0 Å². The molecule has 1 N–H and O–H groups in total. The standard InChI is InChI=1S/C25H23N3O3S/c1-17-5-11-22(12-6-17)32(30)16-23-18(2)31-25(28-23)21-9-7-20(8-10-21)24(29)27-15-19-4-3-13-26-14-19/h3-14H,15-16H2,1-2H3,(H,27,29)/t32-/m0/s1. The Morgan fingerprint density at radius 2 is 1.78 bits per heavy atom. The van der Waals surface area contributed by atoms with Gasteiger partial charge in [-0.3, -0.25) is 14.0 Å². The summed E-state index contributed by atoms with van der Waals surface area (Å²) in [6, 6.07) is 18.4. The maximum atomic E-state index is 12.7. The van der Waals surface area contributed by atoms with Crippen molar-refractivity contribution in [1.29, 1.82) is 0 Å². The minimum atomic E-state index is -1.20. The molecule has 2 heterocycles. The highest BCUT2D eigenvalue weighted by molar-refractivity contribution is 7.84. The molecular formula is C25H23N3O3S. The first-order valence-corrected chi connectivity index (χ1v) is 11.5. The number of pyridine rings is 1. The maximum Gasteiger partial charge on any atom is 0.251 e. The predicted octanol–water partition coefficient (Wildman–Crippen LogP) is 4.59. The third-order valence-corrected chi connectivity index (χ3v) is 6.35. The fraction of sp³-hybridized carbons (Fsp3) is 0.160. The summed E-state index contributed by atoms with van der Waals surface area (Å²) in [6.45, 7) is 4.23. The number of amides is 1. The molecule has 1 atom stereocenters. The Morgan fingerprint density at radius 1 is 1.03 bits per heavy atom. The van der Waals surface area contributed by atoms with Crippen LogP contribution in [0.2, 0.25) is 0 Å². The van der Waals surface area contributed by atoms with Crippen LogP contribution in [0, 0.1) is 13.8 Å². The van der Waals surface area contributed by atoms with E-state index in [1.807, 2.05) is 50.2 Å². The van der Waals surface area contributed by atoms with Crippen molar-refractivity contribution in [3.8, 4) is 11.5 Å². The second-order valence-corrected chi connectivity index (χ2v) is 8.90. The van der Waals surface area contributed by atoms with Crippen molar-refractivity contribution in [3.05, 3.63) is 101 Å². The molecule has 6 nitrogen and oxygen atoms in total. The van der Waals surface area contributed by atoms with Crippen molar-refractivity contribution in [2.24, 2.45) is 0 Å². The molecule has 0 fully saturated rings. The smallest absolute Gasteiger partial charge is 0.251 e. The topological polar surface area (TPSA) is 85.1 Å². The van der Waals surface area contributed by atoms with E-state index in [0.717, 1.165) is 21.6 Å². The van der Waals surface area contributed by atoms with Crippen molar-refractivity contribution < 1.29 is 13.4 Å². The molecule has 32 heavy (non-hydrogen) atoms. The molecule has 0 bridgehead atoms. The van der Waals surface area contributed by atoms with Crippen LogP contribution >= 0.6 is 0 Å². The molecule has 2 aromatic carbocycles. The molecular weight excluding hydrogens is 422 g/mol. The molecule has 0 aliphatic heterocycles. The van der Waals surface area contributed by atoms with Crippen molar-refractivity contribution >= 4 is 16.7 Å². The van der Waals surface area contributed by atoms with E-state index in [0.29, 0.717) is 29.5 Å². The van der Waals surface area contributed by atoms with Gasteiger partial charge in [0, 0.05) is 35.0 Å². The van der Waals surface area contributed by atoms with Gasteiger partial charge in [0.25, 0.3) is 5.91 Å². The first kappa shape index (κ1) is 21.6. The zero-order valence-electron chi connectivity index (χ0n) is 17.9. The first-order chi connectivity index (χ1) is 15.5. The van der Waals surface area contributed by atoms with Gasteiger partial charge in [0.1, 0.15) is 5.76 Å². The lowest BCUT2D eigenvalue weighted by Crippen LogP contribution is -2.22. The molecule has 4 rings (SSSR count). The highest BCUT2D eigenvalue weighted by atomic mass is 32.2. The second-order valence-electron chi connectivity index (χ2n) is 7.45. The number of hydrogen-bond donors (Lipinski definition) is 1. The number of carbonyl (C=O) groups excluding carboxylic acids is 1. The van der Waals surface area contributed by atoms with Crippen molar-refractivity contribution in [3.63, 3.8) is 0 Å². The molecule has 0 unspecified atom stereocenters. The molecule has 2 aromatic heterocycles. The number of oxazole rings is 1. The quantitative estimate of drug-likeness (QED) is 0.450. The van der Waals surface area contributed by atoms with Crippen molar-refractivity contribution in [1.82, 2.24) is 15.3 Å².